The van der Waals surface area contributed by atoms with Gasteiger partial charge in [0.1, 0.15) is 0 Å². The van der Waals surface area contributed by atoms with Crippen molar-refractivity contribution in [3.8, 4) is 0 Å². The van der Waals surface area contributed by atoms with Crippen LogP contribution in [0.15, 0.2) is 0 Å². The first-order valence-corrected chi connectivity index (χ1v) is 12.6. The highest BCUT2D eigenvalue weighted by Gasteiger charge is 2.61. The van der Waals surface area contributed by atoms with Gasteiger partial charge >= 0.3 is 0 Å². The van der Waals surface area contributed by atoms with Gasteiger partial charge in [0, 0.05) is 12.1 Å². The molecule has 162 valence electrons. The van der Waals surface area contributed by atoms with Gasteiger partial charge in [-0.25, -0.2) is 0 Å². The Bertz CT molecular complexity index is 517. The van der Waals surface area contributed by atoms with E-state index in [-0.39, 0.29) is 0 Å². The van der Waals surface area contributed by atoms with Crippen LogP contribution in [0, 0.1) is 33.5 Å². The predicted molar refractivity (Wildman–Crippen MR) is 121 cm³/mol. The van der Waals surface area contributed by atoms with Gasteiger partial charge in [0.25, 0.3) is 0 Å². The quantitative estimate of drug-likeness (QED) is 0.462. The second-order valence-corrected chi connectivity index (χ2v) is 12.6. The molecule has 0 saturated heterocycles. The Hall–Kier alpha value is -0.0800. The lowest BCUT2D eigenvalue weighted by atomic mass is 9.69. The van der Waals surface area contributed by atoms with E-state index in [2.05, 4.69) is 52.2 Å². The third kappa shape index (κ3) is 3.03. The summed E-state index contributed by atoms with van der Waals surface area (Å²) >= 11 is 0. The van der Waals surface area contributed by atoms with Crippen molar-refractivity contribution in [3.63, 3.8) is 0 Å². The number of hydrogen-bond acceptors (Lipinski definition) is 2. The zero-order chi connectivity index (χ0) is 20.2. The normalized spacial score (nSPS) is 45.2. The molecule has 4 rings (SSSR count). The monoisotopic (exact) mass is 388 g/mol. The van der Waals surface area contributed by atoms with Crippen LogP contribution in [0.4, 0.5) is 0 Å². The number of hydrogen-bond donors (Lipinski definition) is 2. The van der Waals surface area contributed by atoms with Gasteiger partial charge in [0.2, 0.25) is 0 Å². The molecule has 2 heteroatoms. The Morgan fingerprint density at radius 2 is 1.00 bits per heavy atom. The zero-order valence-electron chi connectivity index (χ0n) is 19.8. The van der Waals surface area contributed by atoms with Crippen LogP contribution in [0.25, 0.3) is 0 Å². The summed E-state index contributed by atoms with van der Waals surface area (Å²) in [6.45, 7) is 17.7. The molecule has 28 heavy (non-hydrogen) atoms. The summed E-state index contributed by atoms with van der Waals surface area (Å²) in [7, 11) is 0. The van der Waals surface area contributed by atoms with Gasteiger partial charge in [-0.05, 0) is 98.0 Å². The van der Waals surface area contributed by atoms with Gasteiger partial charge in [0.15, 0.2) is 0 Å². The lowest BCUT2D eigenvalue weighted by Gasteiger charge is -2.39. The van der Waals surface area contributed by atoms with Crippen LogP contribution in [-0.2, 0) is 0 Å². The van der Waals surface area contributed by atoms with Gasteiger partial charge in [-0.2, -0.15) is 0 Å². The summed E-state index contributed by atoms with van der Waals surface area (Å²) in [5, 5.41) is 7.92. The largest absolute Gasteiger partial charge is 0.313 e. The fourth-order valence-corrected chi connectivity index (χ4v) is 8.18. The smallest absolute Gasteiger partial charge is 0.0129 e. The molecule has 0 aromatic carbocycles. The van der Waals surface area contributed by atoms with E-state index in [0.29, 0.717) is 21.7 Å². The summed E-state index contributed by atoms with van der Waals surface area (Å²) in [5.74, 6) is 1.91. The van der Waals surface area contributed by atoms with Crippen molar-refractivity contribution < 1.29 is 0 Å². The highest BCUT2D eigenvalue weighted by atomic mass is 15.0. The van der Waals surface area contributed by atoms with Gasteiger partial charge in [-0.1, -0.05) is 54.4 Å². The molecule has 0 aromatic heterocycles. The summed E-state index contributed by atoms with van der Waals surface area (Å²) in [4.78, 5) is 0. The minimum absolute atomic E-state index is 0.534. The minimum Gasteiger partial charge on any atom is -0.313 e. The van der Waals surface area contributed by atoms with E-state index in [1.807, 2.05) is 0 Å². The van der Waals surface area contributed by atoms with Crippen LogP contribution >= 0.6 is 0 Å². The maximum absolute atomic E-state index is 3.96. The first kappa shape index (κ1) is 21.2. The van der Waals surface area contributed by atoms with E-state index < -0.39 is 0 Å². The number of unbranched alkanes of at least 4 members (excludes halogenated alkanes) is 3. The van der Waals surface area contributed by atoms with Gasteiger partial charge in [-0.15, -0.1) is 0 Å². The van der Waals surface area contributed by atoms with Crippen LogP contribution in [-0.4, -0.2) is 25.2 Å². The van der Waals surface area contributed by atoms with E-state index >= 15 is 0 Å². The highest BCUT2D eigenvalue weighted by molar-refractivity contribution is 5.13. The molecule has 0 unspecified atom stereocenters. The molecule has 4 aliphatic rings. The van der Waals surface area contributed by atoms with E-state index in [1.54, 1.807) is 0 Å². The summed E-state index contributed by atoms with van der Waals surface area (Å²) < 4.78 is 0. The summed E-state index contributed by atoms with van der Waals surface area (Å²) in [6.07, 6.45) is 14.1. The Labute approximate surface area is 175 Å². The summed E-state index contributed by atoms with van der Waals surface area (Å²) in [5.41, 5.74) is 2.15. The Morgan fingerprint density at radius 1 is 0.607 bits per heavy atom. The Kier molecular flexibility index (Phi) is 5.49. The Balaban J connectivity index is 1.08. The third-order valence-corrected chi connectivity index (χ3v) is 11.5. The van der Waals surface area contributed by atoms with Crippen molar-refractivity contribution in [1.82, 2.24) is 10.6 Å². The third-order valence-electron chi connectivity index (χ3n) is 11.5. The van der Waals surface area contributed by atoms with E-state index in [4.69, 9.17) is 0 Å². The van der Waals surface area contributed by atoms with Crippen molar-refractivity contribution in [3.05, 3.63) is 0 Å². The summed E-state index contributed by atoms with van der Waals surface area (Å²) in [6, 6.07) is 1.54. The van der Waals surface area contributed by atoms with Crippen LogP contribution in [0.5, 0.6) is 0 Å². The topological polar surface area (TPSA) is 24.1 Å². The molecule has 0 amide bonds. The van der Waals surface area contributed by atoms with Crippen LogP contribution in [0.2, 0.25) is 0 Å². The maximum atomic E-state index is 3.96. The van der Waals surface area contributed by atoms with Gasteiger partial charge in [-0.3, -0.25) is 0 Å². The molecule has 6 atom stereocenters. The molecule has 0 spiro atoms. The number of rotatable bonds is 9. The highest BCUT2D eigenvalue weighted by Crippen LogP contribution is 2.66. The SMILES string of the molecule is CC1(C)[C@@H]2CC[C@@]1(C)[C@H](NCCCCCCN[C@@H]1C[C@H]3CC[C@]1(C)C3(C)C)C2. The Morgan fingerprint density at radius 3 is 1.29 bits per heavy atom. The fourth-order valence-electron chi connectivity index (χ4n) is 8.18. The molecular formula is C26H48N2. The van der Waals surface area contributed by atoms with Gasteiger partial charge < -0.3 is 10.6 Å². The molecule has 0 radical (unpaired) electrons. The predicted octanol–water partition coefficient (Wildman–Crippen LogP) is 6.16. The zero-order valence-corrected chi connectivity index (χ0v) is 19.8. The van der Waals surface area contributed by atoms with Crippen LogP contribution in [0.3, 0.4) is 0 Å². The van der Waals surface area contributed by atoms with Gasteiger partial charge in [0.05, 0.1) is 0 Å². The van der Waals surface area contributed by atoms with Crippen molar-refractivity contribution in [2.24, 2.45) is 33.5 Å². The number of nitrogens with one attached hydrogen (secondary N) is 2. The fraction of sp³-hybridized carbons (Fsp3) is 1.00. The molecule has 4 aliphatic carbocycles. The standard InChI is InChI=1S/C26H48N2/c1-23(2)19-11-13-25(23,5)21(17-19)27-15-9-7-8-10-16-28-22-18-20-12-14-26(22,6)24(20,3)4/h19-22,27-28H,7-18H2,1-6H3/t19-,20-,21-,22-,25+,26+/m1/s1. The van der Waals surface area contributed by atoms with Crippen molar-refractivity contribution in [2.45, 2.75) is 118 Å². The van der Waals surface area contributed by atoms with Crippen molar-refractivity contribution >= 4 is 0 Å². The van der Waals surface area contributed by atoms with Crippen molar-refractivity contribution in [1.29, 1.82) is 0 Å². The number of fused-ring (bicyclic) bond motifs is 4. The second-order valence-electron chi connectivity index (χ2n) is 12.6. The first-order chi connectivity index (χ1) is 13.1. The van der Waals surface area contributed by atoms with Crippen LogP contribution < -0.4 is 10.6 Å². The second kappa shape index (κ2) is 7.26. The average Bonchev–Trinajstić information content (AvgIpc) is 3.15. The molecule has 4 saturated carbocycles. The molecule has 4 fully saturated rings. The van der Waals surface area contributed by atoms with Crippen molar-refractivity contribution in [2.75, 3.05) is 13.1 Å². The molecule has 0 aliphatic heterocycles. The lowest BCUT2D eigenvalue weighted by molar-refractivity contribution is 0.120. The first-order valence-electron chi connectivity index (χ1n) is 12.6. The van der Waals surface area contributed by atoms with E-state index in [0.717, 1.165) is 23.9 Å². The van der Waals surface area contributed by atoms with E-state index in [9.17, 15) is 0 Å². The molecule has 0 aromatic rings. The van der Waals surface area contributed by atoms with E-state index in [1.165, 1.54) is 77.3 Å². The lowest BCUT2D eigenvalue weighted by Crippen LogP contribution is -2.44. The van der Waals surface area contributed by atoms with Crippen LogP contribution in [0.1, 0.15) is 106 Å². The average molecular weight is 389 g/mol. The maximum Gasteiger partial charge on any atom is 0.0129 e. The molecule has 2 nitrogen and oxygen atoms in total. The minimum atomic E-state index is 0.534. The molecule has 2 N–H and O–H groups in total. The molecule has 0 heterocycles. The molecular weight excluding hydrogens is 340 g/mol. The molecule has 4 bridgehead atoms.